The smallest absolute Gasteiger partial charge is 1.00 e. The van der Waals surface area contributed by atoms with Crippen LogP contribution >= 0.6 is 0 Å². The normalized spacial score (nSPS) is 8.77. The van der Waals surface area contributed by atoms with Crippen molar-refractivity contribution in [3.8, 4) is 0 Å². The van der Waals surface area contributed by atoms with E-state index in [-0.39, 0.29) is 51.0 Å². The number of hydrogen-bond donors (Lipinski definition) is 0. The van der Waals surface area contributed by atoms with Crippen LogP contribution in [0.3, 0.4) is 0 Å². The Hall–Kier alpha value is -0.660. The standard InChI is InChI=1S/2C10H9.C2H6Si.2ClH.Zr/c2*1-8-6-7-9-4-2-3-5-10(8)9;1-3-2;;;/h2*2-7H,1H3;1-2H3;2*1H;/q2*-1;;;;+4/p-2. The minimum Gasteiger partial charge on any atom is -1.00 e. The molecule has 2 radical (unpaired) electrons. The number of aryl methyl sites for hydroxylation is 2. The molecule has 0 N–H and O–H groups in total. The molecule has 0 aromatic heterocycles. The summed E-state index contributed by atoms with van der Waals surface area (Å²) in [4.78, 5) is 0. The van der Waals surface area contributed by atoms with Crippen LogP contribution in [0.15, 0.2) is 72.8 Å². The summed E-state index contributed by atoms with van der Waals surface area (Å²) in [5, 5.41) is 5.45. The summed E-state index contributed by atoms with van der Waals surface area (Å²) < 4.78 is 0. The van der Waals surface area contributed by atoms with Crippen LogP contribution in [0, 0.1) is 13.8 Å². The van der Waals surface area contributed by atoms with E-state index in [4.69, 9.17) is 0 Å². The van der Waals surface area contributed by atoms with Gasteiger partial charge >= 0.3 is 26.2 Å². The second-order valence-corrected chi connectivity index (χ2v) is 6.71. The van der Waals surface area contributed by atoms with Crippen LogP contribution in [0.25, 0.3) is 21.5 Å². The van der Waals surface area contributed by atoms with Gasteiger partial charge in [-0.1, -0.05) is 39.1 Å². The fourth-order valence-corrected chi connectivity index (χ4v) is 2.61. The zero-order valence-corrected chi connectivity index (χ0v) is 20.7. The second-order valence-electron chi connectivity index (χ2n) is 5.71. The van der Waals surface area contributed by atoms with Gasteiger partial charge in [0, 0.05) is 9.52 Å². The molecule has 4 rings (SSSR count). The minimum absolute atomic E-state index is 0. The van der Waals surface area contributed by atoms with Gasteiger partial charge in [0.1, 0.15) is 0 Å². The first-order valence-corrected chi connectivity index (χ1v) is 9.98. The predicted molar refractivity (Wildman–Crippen MR) is 106 cm³/mol. The Labute approximate surface area is 191 Å². The molecule has 0 nitrogen and oxygen atoms in total. The molecule has 0 aliphatic heterocycles. The van der Waals surface area contributed by atoms with Crippen molar-refractivity contribution < 1.29 is 51.0 Å². The number of hydrogen-bond acceptors (Lipinski definition) is 0. The summed E-state index contributed by atoms with van der Waals surface area (Å²) >= 11 is 0. The first kappa shape index (κ1) is 27.6. The van der Waals surface area contributed by atoms with Gasteiger partial charge in [0.25, 0.3) is 0 Å². The molecule has 4 aromatic carbocycles. The van der Waals surface area contributed by atoms with E-state index < -0.39 is 0 Å². The molecule has 0 saturated heterocycles. The molecule has 0 spiro atoms. The Morgan fingerprint density at radius 1 is 0.654 bits per heavy atom. The summed E-state index contributed by atoms with van der Waals surface area (Å²) in [5.41, 5.74) is 2.74. The van der Waals surface area contributed by atoms with Crippen LogP contribution in [0.2, 0.25) is 13.1 Å². The summed E-state index contributed by atoms with van der Waals surface area (Å²) in [6.45, 7) is 8.59. The Morgan fingerprint density at radius 2 is 0.962 bits per heavy atom. The molecule has 0 fully saturated rings. The number of fused-ring (bicyclic) bond motifs is 2. The molecule has 0 aliphatic carbocycles. The molecular formula is C22H24Cl2SiZr. The van der Waals surface area contributed by atoms with Gasteiger partial charge in [0.05, 0.1) is 0 Å². The van der Waals surface area contributed by atoms with Gasteiger partial charge in [-0.05, 0) is 0 Å². The van der Waals surface area contributed by atoms with Crippen molar-refractivity contribution in [3.05, 3.63) is 83.9 Å². The molecule has 0 bridgehead atoms. The van der Waals surface area contributed by atoms with Gasteiger partial charge in [-0.2, -0.15) is 23.3 Å². The SMILES string of the molecule is C[Si]C.Cc1c[cH-]c2ccccc12.Cc1c[cH-]c2ccccc12.[Cl-].[Cl-].[Zr+4]. The zero-order valence-electron chi connectivity index (χ0n) is 15.7. The van der Waals surface area contributed by atoms with Gasteiger partial charge in [0.2, 0.25) is 0 Å². The minimum atomic E-state index is 0. The van der Waals surface area contributed by atoms with Crippen LogP contribution in [-0.2, 0) is 26.2 Å². The molecular weight excluding hydrogens is 454 g/mol. The van der Waals surface area contributed by atoms with E-state index >= 15 is 0 Å². The Morgan fingerprint density at radius 3 is 1.27 bits per heavy atom. The maximum absolute atomic E-state index is 2.16. The van der Waals surface area contributed by atoms with E-state index in [2.05, 4.69) is 99.7 Å². The molecule has 4 aromatic rings. The second kappa shape index (κ2) is 14.4. The van der Waals surface area contributed by atoms with Gasteiger partial charge in [0.15, 0.2) is 0 Å². The molecule has 0 atom stereocenters. The molecule has 0 saturated carbocycles. The molecule has 26 heavy (non-hydrogen) atoms. The third kappa shape index (κ3) is 7.53. The Kier molecular flexibility index (Phi) is 15.3. The van der Waals surface area contributed by atoms with Gasteiger partial charge in [-0.3, -0.25) is 0 Å². The topological polar surface area (TPSA) is 0 Å². The van der Waals surface area contributed by atoms with Crippen molar-refractivity contribution in [2.24, 2.45) is 0 Å². The van der Waals surface area contributed by atoms with Crippen LogP contribution in [-0.4, -0.2) is 9.52 Å². The maximum atomic E-state index is 2.16. The largest absolute Gasteiger partial charge is 4.00 e. The third-order valence-electron chi connectivity index (χ3n) is 3.80. The molecule has 4 heteroatoms. The average Bonchev–Trinajstić information content (AvgIpc) is 3.14. The number of rotatable bonds is 0. The van der Waals surface area contributed by atoms with E-state index in [1.54, 1.807) is 0 Å². The molecule has 134 valence electrons. The fraction of sp³-hybridized carbons (Fsp3) is 0.182. The van der Waals surface area contributed by atoms with Gasteiger partial charge < -0.3 is 24.8 Å². The molecule has 0 unspecified atom stereocenters. The van der Waals surface area contributed by atoms with Crippen LogP contribution in [0.1, 0.15) is 11.1 Å². The average molecular weight is 479 g/mol. The van der Waals surface area contributed by atoms with E-state index in [0.29, 0.717) is 0 Å². The zero-order chi connectivity index (χ0) is 16.7. The molecule has 0 amide bonds. The molecule has 0 heterocycles. The van der Waals surface area contributed by atoms with Crippen molar-refractivity contribution in [2.45, 2.75) is 26.9 Å². The van der Waals surface area contributed by atoms with Crippen LogP contribution < -0.4 is 24.8 Å². The fourth-order valence-electron chi connectivity index (χ4n) is 2.61. The van der Waals surface area contributed by atoms with E-state index in [0.717, 1.165) is 9.52 Å². The predicted octanol–water partition coefficient (Wildman–Crippen LogP) is 0.527. The number of benzene rings is 2. The van der Waals surface area contributed by atoms with E-state index in [1.165, 1.54) is 32.7 Å². The summed E-state index contributed by atoms with van der Waals surface area (Å²) in [5.74, 6) is 0. The van der Waals surface area contributed by atoms with Crippen molar-refractivity contribution in [3.63, 3.8) is 0 Å². The first-order valence-electron chi connectivity index (χ1n) is 7.98. The van der Waals surface area contributed by atoms with Gasteiger partial charge in [-0.15, -0.1) is 70.1 Å². The van der Waals surface area contributed by atoms with E-state index in [1.807, 2.05) is 0 Å². The summed E-state index contributed by atoms with van der Waals surface area (Å²) in [7, 11) is 1.08. The monoisotopic (exact) mass is 476 g/mol. The Bertz CT molecular complexity index is 792. The number of halogens is 2. The summed E-state index contributed by atoms with van der Waals surface area (Å²) in [6, 6.07) is 25.5. The molecule has 0 aliphatic rings. The van der Waals surface area contributed by atoms with Crippen molar-refractivity contribution >= 4 is 31.1 Å². The van der Waals surface area contributed by atoms with E-state index in [9.17, 15) is 0 Å². The Balaban J connectivity index is 0. The third-order valence-corrected chi connectivity index (χ3v) is 3.80. The van der Waals surface area contributed by atoms with Crippen LogP contribution in [0.4, 0.5) is 0 Å². The van der Waals surface area contributed by atoms with Crippen molar-refractivity contribution in [2.75, 3.05) is 0 Å². The quantitative estimate of drug-likeness (QED) is 0.256. The maximum Gasteiger partial charge on any atom is 4.00 e. The van der Waals surface area contributed by atoms with Crippen LogP contribution in [0.5, 0.6) is 0 Å². The summed E-state index contributed by atoms with van der Waals surface area (Å²) in [6.07, 6.45) is 0. The van der Waals surface area contributed by atoms with Crippen molar-refractivity contribution in [1.82, 2.24) is 0 Å². The van der Waals surface area contributed by atoms with Crippen molar-refractivity contribution in [1.29, 1.82) is 0 Å². The van der Waals surface area contributed by atoms with Gasteiger partial charge in [-0.25, -0.2) is 0 Å². The first-order chi connectivity index (χ1) is 11.2.